The van der Waals surface area contributed by atoms with Crippen LogP contribution in [0.5, 0.6) is 0 Å². The highest BCUT2D eigenvalue weighted by Gasteiger charge is 2.28. The monoisotopic (exact) mass is 345 g/mol. The molecule has 0 radical (unpaired) electrons. The number of urea groups is 1. The first-order valence-electron chi connectivity index (χ1n) is 8.03. The van der Waals surface area contributed by atoms with E-state index in [1.807, 2.05) is 12.1 Å². The number of anilines is 1. The molecular formula is C18H20ClN3O2. The highest BCUT2D eigenvalue weighted by atomic mass is 35.5. The number of pyridine rings is 1. The van der Waals surface area contributed by atoms with Crippen molar-refractivity contribution in [3.8, 4) is 0 Å². The van der Waals surface area contributed by atoms with Crippen molar-refractivity contribution in [2.75, 3.05) is 18.4 Å². The molecule has 2 N–H and O–H groups in total. The van der Waals surface area contributed by atoms with Crippen LogP contribution in [0.3, 0.4) is 0 Å². The second kappa shape index (κ2) is 7.64. The number of aliphatic hydroxyl groups is 1. The fourth-order valence-electron chi connectivity index (χ4n) is 2.99. The summed E-state index contributed by atoms with van der Waals surface area (Å²) < 4.78 is 0. The molecule has 0 spiro atoms. The van der Waals surface area contributed by atoms with E-state index in [0.717, 1.165) is 24.1 Å². The van der Waals surface area contributed by atoms with E-state index >= 15 is 0 Å². The first kappa shape index (κ1) is 16.7. The van der Waals surface area contributed by atoms with Crippen LogP contribution in [0.4, 0.5) is 10.5 Å². The molecule has 126 valence electrons. The molecule has 0 bridgehead atoms. The quantitative estimate of drug-likeness (QED) is 0.891. The van der Waals surface area contributed by atoms with E-state index in [2.05, 4.69) is 10.3 Å². The second-order valence-corrected chi connectivity index (χ2v) is 6.42. The summed E-state index contributed by atoms with van der Waals surface area (Å²) in [4.78, 5) is 18.0. The fraction of sp³-hybridized carbons (Fsp3) is 0.333. The minimum Gasteiger partial charge on any atom is -0.388 e. The normalized spacial score (nSPS) is 16.7. The number of piperidine rings is 1. The van der Waals surface area contributed by atoms with Crippen molar-refractivity contribution in [2.45, 2.75) is 18.9 Å². The van der Waals surface area contributed by atoms with E-state index in [4.69, 9.17) is 11.6 Å². The van der Waals surface area contributed by atoms with Crippen molar-refractivity contribution in [2.24, 2.45) is 5.92 Å². The van der Waals surface area contributed by atoms with Crippen LogP contribution in [0.15, 0.2) is 48.8 Å². The lowest BCUT2D eigenvalue weighted by Crippen LogP contribution is -2.42. The highest BCUT2D eigenvalue weighted by Crippen LogP contribution is 2.31. The Kier molecular flexibility index (Phi) is 5.33. The average molecular weight is 346 g/mol. The van der Waals surface area contributed by atoms with Gasteiger partial charge in [0.2, 0.25) is 0 Å². The summed E-state index contributed by atoms with van der Waals surface area (Å²) in [5.41, 5.74) is 1.61. The summed E-state index contributed by atoms with van der Waals surface area (Å²) in [6.07, 6.45) is 4.31. The smallest absolute Gasteiger partial charge is 0.321 e. The van der Waals surface area contributed by atoms with Gasteiger partial charge in [-0.2, -0.15) is 0 Å². The number of halogens is 1. The molecule has 3 rings (SSSR count). The van der Waals surface area contributed by atoms with Crippen LogP contribution in [0, 0.1) is 5.92 Å². The van der Waals surface area contributed by atoms with Gasteiger partial charge in [0.1, 0.15) is 0 Å². The third-order valence-electron chi connectivity index (χ3n) is 4.42. The number of nitrogens with one attached hydrogen (secondary N) is 1. The molecule has 1 atom stereocenters. The molecule has 0 saturated carbocycles. The predicted octanol–water partition coefficient (Wildman–Crippen LogP) is 3.71. The van der Waals surface area contributed by atoms with Crippen molar-refractivity contribution in [1.82, 2.24) is 9.88 Å². The largest absolute Gasteiger partial charge is 0.388 e. The molecule has 24 heavy (non-hydrogen) atoms. The Bertz CT molecular complexity index is 670. The lowest BCUT2D eigenvalue weighted by molar-refractivity contribution is 0.0683. The number of amides is 2. The predicted molar refractivity (Wildman–Crippen MR) is 94.0 cm³/mol. The number of benzene rings is 1. The van der Waals surface area contributed by atoms with Gasteiger partial charge in [0.15, 0.2) is 0 Å². The molecule has 1 aliphatic heterocycles. The molecular weight excluding hydrogens is 326 g/mol. The van der Waals surface area contributed by atoms with Crippen molar-refractivity contribution in [1.29, 1.82) is 0 Å². The molecule has 2 aromatic rings. The number of hydrogen-bond donors (Lipinski definition) is 2. The van der Waals surface area contributed by atoms with E-state index in [9.17, 15) is 9.90 Å². The van der Waals surface area contributed by atoms with Gasteiger partial charge in [0.05, 0.1) is 6.10 Å². The Labute approximate surface area is 146 Å². The van der Waals surface area contributed by atoms with Gasteiger partial charge in [-0.05, 0) is 48.6 Å². The number of carbonyl (C=O) groups excluding carboxylic acids is 1. The van der Waals surface area contributed by atoms with Gasteiger partial charge < -0.3 is 15.3 Å². The number of aliphatic hydroxyl groups excluding tert-OH is 1. The number of carbonyl (C=O) groups is 1. The number of nitrogens with zero attached hydrogens (tertiary/aromatic N) is 2. The maximum atomic E-state index is 12.3. The van der Waals surface area contributed by atoms with E-state index in [-0.39, 0.29) is 11.9 Å². The molecule has 2 amide bonds. The summed E-state index contributed by atoms with van der Waals surface area (Å²) in [6, 6.07) is 10.7. The summed E-state index contributed by atoms with van der Waals surface area (Å²) >= 11 is 5.89. The maximum Gasteiger partial charge on any atom is 0.321 e. The van der Waals surface area contributed by atoms with Gasteiger partial charge in [0, 0.05) is 36.2 Å². The van der Waals surface area contributed by atoms with Gasteiger partial charge in [-0.15, -0.1) is 0 Å². The zero-order valence-electron chi connectivity index (χ0n) is 13.2. The zero-order valence-corrected chi connectivity index (χ0v) is 14.0. The highest BCUT2D eigenvalue weighted by molar-refractivity contribution is 6.30. The van der Waals surface area contributed by atoms with Gasteiger partial charge in [-0.3, -0.25) is 4.98 Å². The number of rotatable bonds is 3. The number of hydrogen-bond acceptors (Lipinski definition) is 3. The van der Waals surface area contributed by atoms with Crippen LogP contribution < -0.4 is 5.32 Å². The van der Waals surface area contributed by atoms with Gasteiger partial charge in [0.25, 0.3) is 0 Å². The lowest BCUT2D eigenvalue weighted by atomic mass is 9.87. The topological polar surface area (TPSA) is 65.5 Å². The summed E-state index contributed by atoms with van der Waals surface area (Å²) in [6.45, 7) is 1.26. The Hall–Kier alpha value is -2.11. The van der Waals surface area contributed by atoms with Crippen LogP contribution in [-0.2, 0) is 0 Å². The van der Waals surface area contributed by atoms with Gasteiger partial charge in [-0.1, -0.05) is 23.7 Å². The van der Waals surface area contributed by atoms with Crippen LogP contribution >= 0.6 is 11.6 Å². The first-order chi connectivity index (χ1) is 11.6. The average Bonchev–Trinajstić information content (AvgIpc) is 2.63. The van der Waals surface area contributed by atoms with Crippen molar-refractivity contribution in [3.63, 3.8) is 0 Å². The van der Waals surface area contributed by atoms with E-state index in [1.54, 1.807) is 41.6 Å². The molecule has 2 heterocycles. The van der Waals surface area contributed by atoms with Gasteiger partial charge >= 0.3 is 6.03 Å². The van der Waals surface area contributed by atoms with E-state index < -0.39 is 6.10 Å². The molecule has 0 aliphatic carbocycles. The zero-order chi connectivity index (χ0) is 16.9. The van der Waals surface area contributed by atoms with Crippen molar-refractivity contribution < 1.29 is 9.90 Å². The summed E-state index contributed by atoms with van der Waals surface area (Å²) in [7, 11) is 0. The molecule has 1 aromatic heterocycles. The van der Waals surface area contributed by atoms with Crippen LogP contribution in [-0.4, -0.2) is 34.1 Å². The molecule has 1 aliphatic rings. The Balaban J connectivity index is 1.53. The summed E-state index contributed by atoms with van der Waals surface area (Å²) in [5.74, 6) is 0.149. The first-order valence-corrected chi connectivity index (χ1v) is 8.41. The maximum absolute atomic E-state index is 12.3. The molecule has 1 aromatic carbocycles. The number of aromatic nitrogens is 1. The molecule has 1 saturated heterocycles. The minimum absolute atomic E-state index is 0.111. The van der Waals surface area contributed by atoms with Gasteiger partial charge in [-0.25, -0.2) is 4.79 Å². The SMILES string of the molecule is O=C(Nc1ccncc1)N1CCC(C(O)c2ccc(Cl)cc2)CC1. The third-order valence-corrected chi connectivity index (χ3v) is 4.67. The number of likely N-dealkylation sites (tertiary alicyclic amines) is 1. The van der Waals surface area contributed by atoms with Crippen molar-refractivity contribution >= 4 is 23.3 Å². The molecule has 6 heteroatoms. The molecule has 1 fully saturated rings. The summed E-state index contributed by atoms with van der Waals surface area (Å²) in [5, 5.41) is 14.1. The van der Waals surface area contributed by atoms with Crippen molar-refractivity contribution in [3.05, 3.63) is 59.4 Å². The Morgan fingerprint density at radius 2 is 1.79 bits per heavy atom. The fourth-order valence-corrected chi connectivity index (χ4v) is 3.11. The molecule has 5 nitrogen and oxygen atoms in total. The lowest BCUT2D eigenvalue weighted by Gasteiger charge is -2.34. The molecule has 1 unspecified atom stereocenters. The minimum atomic E-state index is -0.521. The van der Waals surface area contributed by atoms with Crippen LogP contribution in [0.2, 0.25) is 5.02 Å². The van der Waals surface area contributed by atoms with Crippen LogP contribution in [0.1, 0.15) is 24.5 Å². The standard InChI is InChI=1S/C18H20ClN3O2/c19-15-3-1-13(2-4-15)17(23)14-7-11-22(12-8-14)18(24)21-16-5-9-20-10-6-16/h1-6,9-10,14,17,23H,7-8,11-12H2,(H,20,21,24). The van der Waals surface area contributed by atoms with Crippen LogP contribution in [0.25, 0.3) is 0 Å². The Morgan fingerprint density at radius 1 is 1.17 bits per heavy atom. The second-order valence-electron chi connectivity index (χ2n) is 5.99. The Morgan fingerprint density at radius 3 is 2.42 bits per heavy atom. The third kappa shape index (κ3) is 4.04. The van der Waals surface area contributed by atoms with E-state index in [1.165, 1.54) is 0 Å². The van der Waals surface area contributed by atoms with E-state index in [0.29, 0.717) is 18.1 Å².